The number of nitrogens with two attached hydrogens (primary N) is 1. The molecule has 0 fully saturated rings. The smallest absolute Gasteiger partial charge is 0.169 e. The van der Waals surface area contributed by atoms with Crippen molar-refractivity contribution in [2.24, 2.45) is 0 Å². The molecule has 2 aromatic heterocycles. The number of aromatic nitrogens is 2. The van der Waals surface area contributed by atoms with Gasteiger partial charge in [-0.3, -0.25) is 0 Å². The second-order valence-electron chi connectivity index (χ2n) is 4.73. The van der Waals surface area contributed by atoms with Crippen LogP contribution in [-0.2, 0) is 6.61 Å². The Balaban J connectivity index is 1.86. The third-order valence-electron chi connectivity index (χ3n) is 3.28. The molecular formula is C15H14BrN3OS. The summed E-state index contributed by atoms with van der Waals surface area (Å²) in [4.78, 5) is 11.0. The number of halogens is 1. The molecule has 6 heteroatoms. The first-order valence-electron chi connectivity index (χ1n) is 6.45. The van der Waals surface area contributed by atoms with E-state index >= 15 is 0 Å². The summed E-state index contributed by atoms with van der Waals surface area (Å²) in [7, 11) is 0. The monoisotopic (exact) mass is 363 g/mol. The summed E-state index contributed by atoms with van der Waals surface area (Å²) in [6, 6.07) is 7.65. The molecule has 0 aliphatic rings. The number of thiophene rings is 1. The van der Waals surface area contributed by atoms with Crippen LogP contribution in [-0.4, -0.2) is 9.97 Å². The molecule has 4 nitrogen and oxygen atoms in total. The van der Waals surface area contributed by atoms with Gasteiger partial charge in [0.2, 0.25) is 0 Å². The number of fused-ring (bicyclic) bond motifs is 1. The van der Waals surface area contributed by atoms with Crippen molar-refractivity contribution in [1.82, 2.24) is 9.97 Å². The predicted octanol–water partition coefficient (Wildman–Crippen LogP) is 4.23. The van der Waals surface area contributed by atoms with E-state index in [9.17, 15) is 0 Å². The van der Waals surface area contributed by atoms with Crippen molar-refractivity contribution in [3.8, 4) is 5.75 Å². The van der Waals surface area contributed by atoms with Gasteiger partial charge in [0.15, 0.2) is 5.82 Å². The third-order valence-corrected chi connectivity index (χ3v) is 4.91. The molecule has 0 bridgehead atoms. The highest BCUT2D eigenvalue weighted by molar-refractivity contribution is 9.10. The molecule has 0 saturated heterocycles. The molecule has 0 spiro atoms. The lowest BCUT2D eigenvalue weighted by Gasteiger charge is -2.06. The Labute approximate surface area is 135 Å². The quantitative estimate of drug-likeness (QED) is 0.756. The topological polar surface area (TPSA) is 61.0 Å². The van der Waals surface area contributed by atoms with Crippen LogP contribution in [0.25, 0.3) is 10.2 Å². The van der Waals surface area contributed by atoms with Gasteiger partial charge >= 0.3 is 0 Å². The van der Waals surface area contributed by atoms with E-state index in [1.54, 1.807) is 11.3 Å². The highest BCUT2D eigenvalue weighted by atomic mass is 79.9. The molecule has 0 aliphatic carbocycles. The lowest BCUT2D eigenvalue weighted by molar-refractivity contribution is 0.296. The Morgan fingerprint density at radius 1 is 1.19 bits per heavy atom. The number of rotatable bonds is 3. The van der Waals surface area contributed by atoms with Crippen molar-refractivity contribution >= 4 is 43.3 Å². The van der Waals surface area contributed by atoms with Crippen molar-refractivity contribution in [2.45, 2.75) is 20.5 Å². The van der Waals surface area contributed by atoms with Crippen molar-refractivity contribution < 1.29 is 4.74 Å². The van der Waals surface area contributed by atoms with Gasteiger partial charge in [0.1, 0.15) is 23.0 Å². The second-order valence-corrected chi connectivity index (χ2v) is 6.85. The highest BCUT2D eigenvalue weighted by Crippen LogP contribution is 2.31. The maximum absolute atomic E-state index is 6.05. The maximum atomic E-state index is 6.05. The van der Waals surface area contributed by atoms with Gasteiger partial charge in [0.05, 0.1) is 5.39 Å². The SMILES string of the molecule is Cc1sc2nc(COc3ccc(Br)cc3)nc(N)c2c1C. The molecule has 0 aliphatic heterocycles. The zero-order chi connectivity index (χ0) is 15.0. The van der Waals surface area contributed by atoms with Gasteiger partial charge in [0, 0.05) is 9.35 Å². The van der Waals surface area contributed by atoms with Crippen LogP contribution < -0.4 is 10.5 Å². The van der Waals surface area contributed by atoms with Gasteiger partial charge in [-0.05, 0) is 43.7 Å². The molecule has 108 valence electrons. The predicted molar refractivity (Wildman–Crippen MR) is 89.8 cm³/mol. The summed E-state index contributed by atoms with van der Waals surface area (Å²) in [5, 5.41) is 0.963. The molecule has 0 atom stereocenters. The summed E-state index contributed by atoms with van der Waals surface area (Å²) in [6.45, 7) is 4.42. The number of hydrogen-bond acceptors (Lipinski definition) is 5. The Morgan fingerprint density at radius 3 is 2.62 bits per heavy atom. The lowest BCUT2D eigenvalue weighted by Crippen LogP contribution is -2.04. The van der Waals surface area contributed by atoms with Crippen LogP contribution in [0, 0.1) is 13.8 Å². The van der Waals surface area contributed by atoms with Gasteiger partial charge < -0.3 is 10.5 Å². The van der Waals surface area contributed by atoms with Gasteiger partial charge in [0.25, 0.3) is 0 Å². The average molecular weight is 364 g/mol. The molecule has 0 amide bonds. The molecule has 3 rings (SSSR count). The first-order valence-corrected chi connectivity index (χ1v) is 8.06. The second kappa shape index (κ2) is 5.61. The van der Waals surface area contributed by atoms with E-state index in [-0.39, 0.29) is 0 Å². The lowest BCUT2D eigenvalue weighted by atomic mass is 10.2. The summed E-state index contributed by atoms with van der Waals surface area (Å²) in [6.07, 6.45) is 0. The third kappa shape index (κ3) is 2.87. The highest BCUT2D eigenvalue weighted by Gasteiger charge is 2.12. The Bertz CT molecular complexity index is 799. The van der Waals surface area contributed by atoms with Gasteiger partial charge in [-0.2, -0.15) is 0 Å². The van der Waals surface area contributed by atoms with Crippen LogP contribution >= 0.6 is 27.3 Å². The van der Waals surface area contributed by atoms with Gasteiger partial charge in [-0.15, -0.1) is 11.3 Å². The summed E-state index contributed by atoms with van der Waals surface area (Å²) in [5.41, 5.74) is 7.21. The summed E-state index contributed by atoms with van der Waals surface area (Å²) >= 11 is 5.03. The minimum atomic E-state index is 0.303. The van der Waals surface area contributed by atoms with E-state index in [0.29, 0.717) is 18.2 Å². The Hall–Kier alpha value is -1.66. The molecule has 2 N–H and O–H groups in total. The van der Waals surface area contributed by atoms with Crippen LogP contribution in [0.1, 0.15) is 16.3 Å². The average Bonchev–Trinajstić information content (AvgIpc) is 2.74. The minimum absolute atomic E-state index is 0.303. The fourth-order valence-electron chi connectivity index (χ4n) is 2.07. The van der Waals surface area contributed by atoms with E-state index in [0.717, 1.165) is 26.0 Å². The van der Waals surface area contributed by atoms with Gasteiger partial charge in [-0.1, -0.05) is 15.9 Å². The normalized spacial score (nSPS) is 11.0. The molecule has 21 heavy (non-hydrogen) atoms. The number of aryl methyl sites for hydroxylation is 2. The zero-order valence-electron chi connectivity index (χ0n) is 11.7. The minimum Gasteiger partial charge on any atom is -0.486 e. The first-order chi connectivity index (χ1) is 10.0. The van der Waals surface area contributed by atoms with Crippen molar-refractivity contribution in [2.75, 3.05) is 5.73 Å². The summed E-state index contributed by atoms with van der Waals surface area (Å²) < 4.78 is 6.71. The number of nitrogen functional groups attached to an aromatic ring is 1. The fourth-order valence-corrected chi connectivity index (χ4v) is 3.39. The maximum Gasteiger partial charge on any atom is 0.169 e. The van der Waals surface area contributed by atoms with Crippen LogP contribution in [0.4, 0.5) is 5.82 Å². The van der Waals surface area contributed by atoms with E-state index in [1.165, 1.54) is 4.88 Å². The van der Waals surface area contributed by atoms with E-state index in [4.69, 9.17) is 10.5 Å². The Morgan fingerprint density at radius 2 is 1.90 bits per heavy atom. The van der Waals surface area contributed by atoms with Crippen LogP contribution in [0.15, 0.2) is 28.7 Å². The van der Waals surface area contributed by atoms with Crippen molar-refractivity contribution in [3.05, 3.63) is 45.0 Å². The number of hydrogen-bond donors (Lipinski definition) is 1. The van der Waals surface area contributed by atoms with E-state index < -0.39 is 0 Å². The molecule has 0 saturated carbocycles. The number of ether oxygens (including phenoxy) is 1. The first kappa shape index (κ1) is 14.3. The summed E-state index contributed by atoms with van der Waals surface area (Å²) in [5.74, 6) is 1.90. The van der Waals surface area contributed by atoms with Crippen molar-refractivity contribution in [3.63, 3.8) is 0 Å². The number of nitrogens with zero attached hydrogens (tertiary/aromatic N) is 2. The standard InChI is InChI=1S/C15H14BrN3OS/c1-8-9(2)21-15-13(8)14(17)18-12(19-15)7-20-11-5-3-10(16)4-6-11/h3-6H,7H2,1-2H3,(H2,17,18,19). The van der Waals surface area contributed by atoms with E-state index in [1.807, 2.05) is 31.2 Å². The van der Waals surface area contributed by atoms with Crippen LogP contribution in [0.2, 0.25) is 0 Å². The Kier molecular flexibility index (Phi) is 3.82. The van der Waals surface area contributed by atoms with E-state index in [2.05, 4.69) is 32.8 Å². The molecular weight excluding hydrogens is 350 g/mol. The molecule has 3 aromatic rings. The number of benzene rings is 1. The molecule has 0 unspecified atom stereocenters. The molecule has 0 radical (unpaired) electrons. The fraction of sp³-hybridized carbons (Fsp3) is 0.200. The zero-order valence-corrected chi connectivity index (χ0v) is 14.1. The van der Waals surface area contributed by atoms with Crippen molar-refractivity contribution in [1.29, 1.82) is 0 Å². The van der Waals surface area contributed by atoms with Crippen LogP contribution in [0.5, 0.6) is 5.75 Å². The molecule has 1 aromatic carbocycles. The molecule has 2 heterocycles. The largest absolute Gasteiger partial charge is 0.486 e. The van der Waals surface area contributed by atoms with Gasteiger partial charge in [-0.25, -0.2) is 9.97 Å². The van der Waals surface area contributed by atoms with Crippen LogP contribution in [0.3, 0.4) is 0 Å². The number of anilines is 1.